The number of carbonyl (C=O) groups excluding carboxylic acids is 1. The molecule has 0 bridgehead atoms. The summed E-state index contributed by atoms with van der Waals surface area (Å²) >= 11 is 3.27. The number of aromatic nitrogens is 3. The number of hydrogen-bond acceptors (Lipinski definition) is 4. The molecule has 0 aliphatic rings. The van der Waals surface area contributed by atoms with Gasteiger partial charge in [-0.05, 0) is 34.8 Å². The van der Waals surface area contributed by atoms with Crippen molar-refractivity contribution in [3.8, 4) is 0 Å². The second-order valence-corrected chi connectivity index (χ2v) is 5.60. The van der Waals surface area contributed by atoms with Crippen molar-refractivity contribution in [2.24, 2.45) is 0 Å². The van der Waals surface area contributed by atoms with Gasteiger partial charge in [0.1, 0.15) is 6.10 Å². The highest BCUT2D eigenvalue weighted by atomic mass is 79.9. The first-order valence-corrected chi connectivity index (χ1v) is 7.86. The molecular weight excluding hydrogens is 346 g/mol. The summed E-state index contributed by atoms with van der Waals surface area (Å²) in [6, 6.07) is 9.66. The number of carbonyl (C=O) groups is 1. The number of rotatable bonds is 6. The molecule has 0 spiro atoms. The first kappa shape index (κ1) is 16.4. The van der Waals surface area contributed by atoms with Gasteiger partial charge in [-0.15, -0.1) is 5.10 Å². The first-order chi connectivity index (χ1) is 10.6. The lowest BCUT2D eigenvalue weighted by Crippen LogP contribution is -2.21. The van der Waals surface area contributed by atoms with Crippen LogP contribution in [0.4, 0.5) is 0 Å². The van der Waals surface area contributed by atoms with E-state index in [-0.39, 0.29) is 12.1 Å². The molecule has 0 saturated heterocycles. The minimum absolute atomic E-state index is 0.133. The Labute approximate surface area is 138 Å². The Hall–Kier alpha value is -1.95. The van der Waals surface area contributed by atoms with E-state index < -0.39 is 5.97 Å². The fourth-order valence-electron chi connectivity index (χ4n) is 2.09. The van der Waals surface area contributed by atoms with Crippen LogP contribution in [0.3, 0.4) is 0 Å². The number of halogens is 1. The van der Waals surface area contributed by atoms with E-state index in [1.54, 1.807) is 10.8 Å². The highest BCUT2D eigenvalue weighted by Crippen LogP contribution is 2.23. The maximum absolute atomic E-state index is 12.4. The molecule has 0 fully saturated rings. The number of hydrogen-bond donors (Lipinski definition) is 0. The summed E-state index contributed by atoms with van der Waals surface area (Å²) < 4.78 is 7.35. The van der Waals surface area contributed by atoms with Gasteiger partial charge in [-0.3, -0.25) is 0 Å². The van der Waals surface area contributed by atoms with Crippen LogP contribution in [0.25, 0.3) is 0 Å². The van der Waals surface area contributed by atoms with Crippen LogP contribution in [0.1, 0.15) is 42.4 Å². The molecule has 6 heteroatoms. The fraction of sp³-hybridized carbons (Fsp3) is 0.312. The van der Waals surface area contributed by atoms with E-state index in [0.29, 0.717) is 16.7 Å². The van der Waals surface area contributed by atoms with Crippen LogP contribution < -0.4 is 0 Å². The molecule has 2 aromatic rings. The van der Waals surface area contributed by atoms with Crippen LogP contribution in [-0.2, 0) is 4.74 Å². The standard InChI is InChI=1S/C16H18BrN3O2/c1-4-13(5-2)22-16(21)14-15(17)18-19-20(14)11(3)12-9-7-6-8-10-12/h4,6-11,13H,1,5H2,2-3H3/t11-,13?/m1/s1. The normalized spacial score (nSPS) is 13.4. The van der Waals surface area contributed by atoms with E-state index in [2.05, 4.69) is 32.8 Å². The fourth-order valence-corrected chi connectivity index (χ4v) is 2.50. The topological polar surface area (TPSA) is 57.0 Å². The Morgan fingerprint density at radius 1 is 1.45 bits per heavy atom. The minimum atomic E-state index is -0.466. The Morgan fingerprint density at radius 3 is 2.73 bits per heavy atom. The average Bonchev–Trinajstić information content (AvgIpc) is 2.94. The quantitative estimate of drug-likeness (QED) is 0.578. The molecule has 1 unspecified atom stereocenters. The van der Waals surface area contributed by atoms with Crippen molar-refractivity contribution in [3.63, 3.8) is 0 Å². The first-order valence-electron chi connectivity index (χ1n) is 7.07. The van der Waals surface area contributed by atoms with Crippen LogP contribution in [0.2, 0.25) is 0 Å². The predicted octanol–water partition coefficient (Wildman–Crippen LogP) is 3.77. The molecule has 2 rings (SSSR count). The van der Waals surface area contributed by atoms with Crippen LogP contribution in [0, 0.1) is 0 Å². The van der Waals surface area contributed by atoms with Gasteiger partial charge in [0.05, 0.1) is 6.04 Å². The van der Waals surface area contributed by atoms with Gasteiger partial charge in [0.25, 0.3) is 0 Å². The highest BCUT2D eigenvalue weighted by molar-refractivity contribution is 9.10. The van der Waals surface area contributed by atoms with Gasteiger partial charge >= 0.3 is 5.97 Å². The molecule has 2 atom stereocenters. The van der Waals surface area contributed by atoms with Crippen molar-refractivity contribution >= 4 is 21.9 Å². The van der Waals surface area contributed by atoms with Crippen molar-refractivity contribution in [1.82, 2.24) is 15.0 Å². The lowest BCUT2D eigenvalue weighted by molar-refractivity contribution is 0.0372. The number of esters is 1. The molecule has 0 saturated carbocycles. The summed E-state index contributed by atoms with van der Waals surface area (Å²) in [5.41, 5.74) is 1.33. The second kappa shape index (κ2) is 7.35. The van der Waals surface area contributed by atoms with E-state index >= 15 is 0 Å². The predicted molar refractivity (Wildman–Crippen MR) is 87.7 cm³/mol. The third-order valence-electron chi connectivity index (χ3n) is 3.42. The van der Waals surface area contributed by atoms with Crippen LogP contribution in [0.15, 0.2) is 47.6 Å². The Bertz CT molecular complexity index is 655. The van der Waals surface area contributed by atoms with E-state index in [1.165, 1.54) is 0 Å². The van der Waals surface area contributed by atoms with Gasteiger partial charge < -0.3 is 4.74 Å². The largest absolute Gasteiger partial charge is 0.453 e. The Morgan fingerprint density at radius 2 is 2.14 bits per heavy atom. The van der Waals surface area contributed by atoms with Gasteiger partial charge in [-0.2, -0.15) is 0 Å². The van der Waals surface area contributed by atoms with E-state index in [4.69, 9.17) is 4.74 Å². The molecule has 1 heterocycles. The average molecular weight is 364 g/mol. The monoisotopic (exact) mass is 363 g/mol. The van der Waals surface area contributed by atoms with Gasteiger partial charge in [0.15, 0.2) is 10.3 Å². The summed E-state index contributed by atoms with van der Waals surface area (Å²) in [5.74, 6) is -0.466. The molecule has 0 amide bonds. The summed E-state index contributed by atoms with van der Waals surface area (Å²) in [5, 5.41) is 8.01. The summed E-state index contributed by atoms with van der Waals surface area (Å²) in [6.45, 7) is 7.55. The molecule has 5 nitrogen and oxygen atoms in total. The van der Waals surface area contributed by atoms with Crippen molar-refractivity contribution in [1.29, 1.82) is 0 Å². The molecule has 22 heavy (non-hydrogen) atoms. The van der Waals surface area contributed by atoms with E-state index in [1.807, 2.05) is 44.2 Å². The molecule has 0 N–H and O–H groups in total. The lowest BCUT2D eigenvalue weighted by atomic mass is 10.1. The summed E-state index contributed by atoms with van der Waals surface area (Å²) in [4.78, 5) is 12.4. The molecule has 0 aliphatic heterocycles. The molecule has 0 aliphatic carbocycles. The molecule has 116 valence electrons. The maximum Gasteiger partial charge on any atom is 0.360 e. The maximum atomic E-state index is 12.4. The van der Waals surface area contributed by atoms with Crippen molar-refractivity contribution in [2.45, 2.75) is 32.4 Å². The molecular formula is C16H18BrN3O2. The van der Waals surface area contributed by atoms with Crippen molar-refractivity contribution in [3.05, 3.63) is 58.8 Å². The zero-order valence-electron chi connectivity index (χ0n) is 12.6. The van der Waals surface area contributed by atoms with Crippen molar-refractivity contribution < 1.29 is 9.53 Å². The van der Waals surface area contributed by atoms with Crippen molar-refractivity contribution in [2.75, 3.05) is 0 Å². The third kappa shape index (κ3) is 3.44. The van der Waals surface area contributed by atoms with Gasteiger partial charge in [-0.25, -0.2) is 9.48 Å². The van der Waals surface area contributed by atoms with Crippen LogP contribution >= 0.6 is 15.9 Å². The van der Waals surface area contributed by atoms with E-state index in [0.717, 1.165) is 5.56 Å². The second-order valence-electron chi connectivity index (χ2n) is 4.85. The number of benzene rings is 1. The van der Waals surface area contributed by atoms with Gasteiger partial charge in [0, 0.05) is 0 Å². The Balaban J connectivity index is 2.32. The van der Waals surface area contributed by atoms with Crippen LogP contribution in [0.5, 0.6) is 0 Å². The smallest absolute Gasteiger partial charge is 0.360 e. The van der Waals surface area contributed by atoms with Crippen LogP contribution in [-0.4, -0.2) is 27.1 Å². The zero-order chi connectivity index (χ0) is 16.1. The SMILES string of the molecule is C=CC(CC)OC(=O)c1c(Br)nnn1[C@H](C)c1ccccc1. The zero-order valence-corrected chi connectivity index (χ0v) is 14.2. The van der Waals surface area contributed by atoms with E-state index in [9.17, 15) is 4.79 Å². The van der Waals surface area contributed by atoms with Gasteiger partial charge in [-0.1, -0.05) is 55.1 Å². The molecule has 1 aromatic carbocycles. The highest BCUT2D eigenvalue weighted by Gasteiger charge is 2.25. The van der Waals surface area contributed by atoms with Gasteiger partial charge in [0.2, 0.25) is 0 Å². The summed E-state index contributed by atoms with van der Waals surface area (Å²) in [6.07, 6.45) is 1.96. The lowest BCUT2D eigenvalue weighted by Gasteiger charge is -2.16. The summed E-state index contributed by atoms with van der Waals surface area (Å²) in [7, 11) is 0. The third-order valence-corrected chi connectivity index (χ3v) is 3.95. The molecule has 1 aromatic heterocycles. The Kier molecular flexibility index (Phi) is 5.49. The minimum Gasteiger partial charge on any atom is -0.453 e. The number of nitrogens with zero attached hydrogens (tertiary/aromatic N) is 3. The number of ether oxygens (including phenoxy) is 1. The molecule has 0 radical (unpaired) electrons.